The van der Waals surface area contributed by atoms with Crippen LogP contribution in [0.15, 0.2) is 16.9 Å². The fraction of sp³-hybridized carbons (Fsp3) is 0.385. The number of aromatic nitrogens is 3. The van der Waals surface area contributed by atoms with E-state index in [0.717, 1.165) is 29.9 Å². The molecule has 1 aliphatic carbocycles. The van der Waals surface area contributed by atoms with E-state index in [4.69, 9.17) is 4.42 Å². The number of hydrogen-bond acceptors (Lipinski definition) is 5. The Kier molecular flexibility index (Phi) is 2.77. The number of nitrogens with zero attached hydrogens (tertiary/aromatic N) is 3. The summed E-state index contributed by atoms with van der Waals surface area (Å²) in [5.74, 6) is 0.579. The van der Waals surface area contributed by atoms with Gasteiger partial charge < -0.3 is 4.42 Å². The highest BCUT2D eigenvalue weighted by molar-refractivity contribution is 6.02. The molecule has 0 radical (unpaired) electrons. The molecular formula is C13H14N4O2. The number of carbonyl (C=O) groups is 1. The molecule has 6 nitrogen and oxygen atoms in total. The van der Waals surface area contributed by atoms with Gasteiger partial charge in [-0.1, -0.05) is 0 Å². The Morgan fingerprint density at radius 3 is 2.63 bits per heavy atom. The molecule has 0 aromatic carbocycles. The Morgan fingerprint density at radius 2 is 2.00 bits per heavy atom. The van der Waals surface area contributed by atoms with Crippen LogP contribution in [0.2, 0.25) is 0 Å². The van der Waals surface area contributed by atoms with Gasteiger partial charge in [0.2, 0.25) is 11.7 Å². The fourth-order valence-corrected chi connectivity index (χ4v) is 2.01. The Bertz CT molecular complexity index is 611. The molecule has 6 heteroatoms. The third kappa shape index (κ3) is 2.47. The van der Waals surface area contributed by atoms with Gasteiger partial charge in [0, 0.05) is 17.3 Å². The predicted octanol–water partition coefficient (Wildman–Crippen LogP) is 2.21. The Hall–Kier alpha value is -2.24. The van der Waals surface area contributed by atoms with Gasteiger partial charge in [0.15, 0.2) is 6.39 Å². The summed E-state index contributed by atoms with van der Waals surface area (Å²) in [6.07, 6.45) is 3.44. The maximum atomic E-state index is 12.1. The van der Waals surface area contributed by atoms with Gasteiger partial charge in [-0.25, -0.2) is 15.0 Å². The summed E-state index contributed by atoms with van der Waals surface area (Å²) in [6.45, 7) is 3.71. The van der Waals surface area contributed by atoms with Gasteiger partial charge >= 0.3 is 0 Å². The molecular weight excluding hydrogens is 244 g/mol. The number of rotatable bonds is 3. The molecule has 0 bridgehead atoms. The fourth-order valence-electron chi connectivity index (χ4n) is 2.01. The van der Waals surface area contributed by atoms with Crippen LogP contribution in [0, 0.1) is 13.8 Å². The van der Waals surface area contributed by atoms with Crippen molar-refractivity contribution < 1.29 is 9.21 Å². The van der Waals surface area contributed by atoms with Crippen molar-refractivity contribution in [2.24, 2.45) is 0 Å². The third-order valence-electron chi connectivity index (χ3n) is 2.97. The van der Waals surface area contributed by atoms with E-state index in [1.807, 2.05) is 19.9 Å². The highest BCUT2D eigenvalue weighted by atomic mass is 16.3. The zero-order valence-electron chi connectivity index (χ0n) is 10.8. The Morgan fingerprint density at radius 1 is 1.32 bits per heavy atom. The standard InChI is InChI=1S/C13H14N4O2/c1-7-5-8(2)16-13(15-7)17-12(18)11-10(9-3-4-9)14-6-19-11/h5-6,9H,3-4H2,1-2H3,(H,15,16,17,18). The van der Waals surface area contributed by atoms with E-state index in [2.05, 4.69) is 20.3 Å². The number of anilines is 1. The molecule has 19 heavy (non-hydrogen) atoms. The first-order valence-corrected chi connectivity index (χ1v) is 6.20. The minimum Gasteiger partial charge on any atom is -0.438 e. The van der Waals surface area contributed by atoms with E-state index in [9.17, 15) is 4.79 Å². The van der Waals surface area contributed by atoms with Gasteiger partial charge in [0.05, 0.1) is 5.69 Å². The van der Waals surface area contributed by atoms with Gasteiger partial charge in [0.1, 0.15) is 0 Å². The summed E-state index contributed by atoms with van der Waals surface area (Å²) in [7, 11) is 0. The summed E-state index contributed by atoms with van der Waals surface area (Å²) in [4.78, 5) is 24.6. The molecule has 1 amide bonds. The average Bonchev–Trinajstić information content (AvgIpc) is 3.05. The van der Waals surface area contributed by atoms with Crippen molar-refractivity contribution in [2.75, 3.05) is 5.32 Å². The summed E-state index contributed by atoms with van der Waals surface area (Å²) < 4.78 is 5.18. The van der Waals surface area contributed by atoms with Crippen molar-refractivity contribution in [3.63, 3.8) is 0 Å². The molecule has 1 N–H and O–H groups in total. The lowest BCUT2D eigenvalue weighted by molar-refractivity contribution is 0.0994. The number of carbonyl (C=O) groups excluding carboxylic acids is 1. The quantitative estimate of drug-likeness (QED) is 0.912. The normalized spacial score (nSPS) is 14.4. The molecule has 3 rings (SSSR count). The van der Waals surface area contributed by atoms with Gasteiger partial charge in [-0.2, -0.15) is 0 Å². The van der Waals surface area contributed by atoms with E-state index in [0.29, 0.717) is 11.9 Å². The van der Waals surface area contributed by atoms with E-state index in [1.54, 1.807) is 0 Å². The molecule has 0 atom stereocenters. The van der Waals surface area contributed by atoms with Gasteiger partial charge in [-0.15, -0.1) is 0 Å². The van der Waals surface area contributed by atoms with Crippen molar-refractivity contribution in [1.82, 2.24) is 15.0 Å². The number of oxazole rings is 1. The lowest BCUT2D eigenvalue weighted by atomic mass is 10.2. The first kappa shape index (κ1) is 11.8. The summed E-state index contributed by atoms with van der Waals surface area (Å²) in [5, 5.41) is 2.65. The van der Waals surface area contributed by atoms with Crippen LogP contribution >= 0.6 is 0 Å². The molecule has 0 spiro atoms. The summed E-state index contributed by atoms with van der Waals surface area (Å²) >= 11 is 0. The minimum absolute atomic E-state index is 0.269. The SMILES string of the molecule is Cc1cc(C)nc(NC(=O)c2ocnc2C2CC2)n1. The molecule has 1 fully saturated rings. The molecule has 0 saturated heterocycles. The second kappa shape index (κ2) is 4.46. The zero-order chi connectivity index (χ0) is 13.4. The van der Waals surface area contributed by atoms with Crippen molar-refractivity contribution in [3.05, 3.63) is 35.3 Å². The number of aryl methyl sites for hydroxylation is 2. The van der Waals surface area contributed by atoms with Crippen LogP contribution in [0.3, 0.4) is 0 Å². The van der Waals surface area contributed by atoms with Gasteiger partial charge in [-0.05, 0) is 32.8 Å². The molecule has 2 aromatic heterocycles. The zero-order valence-corrected chi connectivity index (χ0v) is 10.8. The van der Waals surface area contributed by atoms with Crippen LogP contribution in [0.4, 0.5) is 5.95 Å². The van der Waals surface area contributed by atoms with Crippen molar-refractivity contribution >= 4 is 11.9 Å². The van der Waals surface area contributed by atoms with Crippen LogP contribution in [0.25, 0.3) is 0 Å². The van der Waals surface area contributed by atoms with Crippen LogP contribution in [0.5, 0.6) is 0 Å². The maximum absolute atomic E-state index is 12.1. The molecule has 0 unspecified atom stereocenters. The van der Waals surface area contributed by atoms with Crippen molar-refractivity contribution in [2.45, 2.75) is 32.6 Å². The smallest absolute Gasteiger partial charge is 0.295 e. The third-order valence-corrected chi connectivity index (χ3v) is 2.97. The Balaban J connectivity index is 1.82. The second-order valence-corrected chi connectivity index (χ2v) is 4.77. The maximum Gasteiger partial charge on any atom is 0.295 e. The van der Waals surface area contributed by atoms with E-state index in [1.165, 1.54) is 6.39 Å². The first-order chi connectivity index (χ1) is 9.13. The first-order valence-electron chi connectivity index (χ1n) is 6.20. The van der Waals surface area contributed by atoms with E-state index >= 15 is 0 Å². The number of hydrogen-bond donors (Lipinski definition) is 1. The summed E-state index contributed by atoms with van der Waals surface area (Å²) in [6, 6.07) is 1.85. The molecule has 0 aliphatic heterocycles. The van der Waals surface area contributed by atoms with E-state index < -0.39 is 0 Å². The lowest BCUT2D eigenvalue weighted by Gasteiger charge is -2.04. The van der Waals surface area contributed by atoms with Crippen molar-refractivity contribution in [3.8, 4) is 0 Å². The van der Waals surface area contributed by atoms with Crippen LogP contribution < -0.4 is 5.32 Å². The molecule has 1 aliphatic rings. The molecule has 98 valence electrons. The van der Waals surface area contributed by atoms with Gasteiger partial charge in [0.25, 0.3) is 5.91 Å². The lowest BCUT2D eigenvalue weighted by Crippen LogP contribution is -2.15. The molecule has 2 heterocycles. The highest BCUT2D eigenvalue weighted by Gasteiger charge is 2.32. The molecule has 1 saturated carbocycles. The second-order valence-electron chi connectivity index (χ2n) is 4.77. The van der Waals surface area contributed by atoms with Gasteiger partial charge in [-0.3, -0.25) is 10.1 Å². The average molecular weight is 258 g/mol. The van der Waals surface area contributed by atoms with Crippen LogP contribution in [-0.4, -0.2) is 20.9 Å². The largest absolute Gasteiger partial charge is 0.438 e. The Labute approximate surface area is 110 Å². The van der Waals surface area contributed by atoms with Crippen LogP contribution in [0.1, 0.15) is 46.4 Å². The number of nitrogens with one attached hydrogen (secondary N) is 1. The summed E-state index contributed by atoms with van der Waals surface area (Å²) in [5.41, 5.74) is 2.35. The van der Waals surface area contributed by atoms with E-state index in [-0.39, 0.29) is 11.7 Å². The monoisotopic (exact) mass is 258 g/mol. The highest BCUT2D eigenvalue weighted by Crippen LogP contribution is 2.40. The molecule has 2 aromatic rings. The topological polar surface area (TPSA) is 80.9 Å². The predicted molar refractivity (Wildman–Crippen MR) is 67.9 cm³/mol. The minimum atomic E-state index is -0.343. The van der Waals surface area contributed by atoms with Crippen LogP contribution in [-0.2, 0) is 0 Å². The van der Waals surface area contributed by atoms with Crippen molar-refractivity contribution in [1.29, 1.82) is 0 Å². The number of amides is 1.